The van der Waals surface area contributed by atoms with Crippen molar-refractivity contribution >= 4 is 21.9 Å². The maximum atomic E-state index is 11.2. The molecule has 0 spiro atoms. The Morgan fingerprint density at radius 3 is 2.44 bits per heavy atom. The first-order valence-corrected chi connectivity index (χ1v) is 5.56. The molecule has 3 N–H and O–H groups in total. The molecule has 16 heavy (non-hydrogen) atoms. The second-order valence-corrected chi connectivity index (χ2v) is 4.05. The SMILES string of the molecule is N#CNS(=O)(=O)NC(=O)Nc1ccccc1. The van der Waals surface area contributed by atoms with Crippen LogP contribution in [0.4, 0.5) is 10.5 Å². The Morgan fingerprint density at radius 1 is 1.25 bits per heavy atom. The molecule has 0 radical (unpaired) electrons. The molecule has 0 atom stereocenters. The van der Waals surface area contributed by atoms with Crippen LogP contribution in [0.3, 0.4) is 0 Å². The number of hydrogen-bond donors (Lipinski definition) is 3. The molecule has 8 heteroatoms. The van der Waals surface area contributed by atoms with E-state index in [0.29, 0.717) is 5.69 Å². The molecule has 0 saturated heterocycles. The van der Waals surface area contributed by atoms with E-state index in [-0.39, 0.29) is 0 Å². The summed E-state index contributed by atoms with van der Waals surface area (Å²) < 4.78 is 24.9. The molecule has 0 saturated carbocycles. The molecule has 0 aliphatic rings. The van der Waals surface area contributed by atoms with Gasteiger partial charge >= 0.3 is 16.2 Å². The average Bonchev–Trinajstić information content (AvgIpc) is 2.17. The molecular formula is C8H8N4O3S. The third-order valence-corrected chi connectivity index (χ3v) is 2.25. The number of benzene rings is 1. The fraction of sp³-hybridized carbons (Fsp3) is 0. The highest BCUT2D eigenvalue weighted by Crippen LogP contribution is 2.04. The number of hydrogen-bond acceptors (Lipinski definition) is 4. The number of nitrogens with zero attached hydrogens (tertiary/aromatic N) is 1. The standard InChI is InChI=1S/C8H8N4O3S/c9-6-10-16(14,15)12-8(13)11-7-4-2-1-3-5-7/h1-5,10H,(H2,11,12,13). The molecule has 1 aromatic carbocycles. The number of nitrogens with one attached hydrogen (secondary N) is 3. The molecule has 0 fully saturated rings. The van der Waals surface area contributed by atoms with Crippen molar-refractivity contribution in [2.75, 3.05) is 5.32 Å². The van der Waals surface area contributed by atoms with Gasteiger partial charge in [0.1, 0.15) is 0 Å². The van der Waals surface area contributed by atoms with E-state index in [1.807, 2.05) is 0 Å². The molecule has 1 rings (SSSR count). The smallest absolute Gasteiger partial charge is 0.307 e. The van der Waals surface area contributed by atoms with Gasteiger partial charge in [-0.05, 0) is 12.1 Å². The Hall–Kier alpha value is -2.27. The van der Waals surface area contributed by atoms with Crippen LogP contribution in [0.5, 0.6) is 0 Å². The molecule has 2 amide bonds. The normalized spacial score (nSPS) is 9.94. The van der Waals surface area contributed by atoms with Crippen LogP contribution in [0.15, 0.2) is 30.3 Å². The molecule has 84 valence electrons. The maximum Gasteiger partial charge on any atom is 0.334 e. The van der Waals surface area contributed by atoms with Crippen molar-refractivity contribution in [1.29, 1.82) is 5.26 Å². The Bertz CT molecular complexity index is 506. The lowest BCUT2D eigenvalue weighted by Crippen LogP contribution is -2.40. The van der Waals surface area contributed by atoms with Gasteiger partial charge in [-0.25, -0.2) is 14.2 Å². The van der Waals surface area contributed by atoms with Crippen LogP contribution in [0, 0.1) is 11.5 Å². The molecule has 0 aliphatic carbocycles. The summed E-state index contributed by atoms with van der Waals surface area (Å²) in [5, 5.41) is 10.4. The number of nitriles is 1. The summed E-state index contributed by atoms with van der Waals surface area (Å²) in [6.07, 6.45) is 1.20. The molecule has 0 aromatic heterocycles. The van der Waals surface area contributed by atoms with E-state index in [1.54, 1.807) is 35.1 Å². The monoisotopic (exact) mass is 240 g/mol. The summed E-state index contributed by atoms with van der Waals surface area (Å²) in [7, 11) is -4.12. The number of urea groups is 1. The van der Waals surface area contributed by atoms with Crippen LogP contribution in [0.25, 0.3) is 0 Å². The average molecular weight is 240 g/mol. The topological polar surface area (TPSA) is 111 Å². The van der Waals surface area contributed by atoms with E-state index in [1.165, 1.54) is 10.9 Å². The largest absolute Gasteiger partial charge is 0.334 e. The minimum atomic E-state index is -4.12. The Labute approximate surface area is 92.3 Å². The number of anilines is 1. The summed E-state index contributed by atoms with van der Waals surface area (Å²) in [6, 6.07) is 7.33. The fourth-order valence-corrected chi connectivity index (χ4v) is 1.35. The number of carbonyl (C=O) groups is 1. The van der Waals surface area contributed by atoms with Gasteiger partial charge in [-0.15, -0.1) is 0 Å². The van der Waals surface area contributed by atoms with E-state index in [9.17, 15) is 13.2 Å². The van der Waals surface area contributed by atoms with E-state index < -0.39 is 16.2 Å². The van der Waals surface area contributed by atoms with Gasteiger partial charge < -0.3 is 5.32 Å². The van der Waals surface area contributed by atoms with E-state index in [0.717, 1.165) is 0 Å². The summed E-state index contributed by atoms with van der Waals surface area (Å²) in [4.78, 5) is 11.2. The molecule has 0 unspecified atom stereocenters. The van der Waals surface area contributed by atoms with Gasteiger partial charge in [0.25, 0.3) is 0 Å². The van der Waals surface area contributed by atoms with Crippen LogP contribution in [-0.2, 0) is 10.2 Å². The molecule has 0 heterocycles. The quantitative estimate of drug-likeness (QED) is 0.514. The number of para-hydroxylation sites is 1. The van der Waals surface area contributed by atoms with E-state index >= 15 is 0 Å². The van der Waals surface area contributed by atoms with Gasteiger partial charge in [-0.2, -0.15) is 13.7 Å². The van der Waals surface area contributed by atoms with E-state index in [2.05, 4.69) is 5.32 Å². The lowest BCUT2D eigenvalue weighted by Gasteiger charge is -2.06. The zero-order valence-electron chi connectivity index (χ0n) is 7.97. The van der Waals surface area contributed by atoms with Gasteiger partial charge in [-0.3, -0.25) is 0 Å². The molecule has 1 aromatic rings. The van der Waals surface area contributed by atoms with Gasteiger partial charge in [0.15, 0.2) is 6.19 Å². The van der Waals surface area contributed by atoms with Gasteiger partial charge in [0, 0.05) is 5.69 Å². The first-order valence-electron chi connectivity index (χ1n) is 4.08. The zero-order chi connectivity index (χ0) is 12.0. The van der Waals surface area contributed by atoms with Crippen LogP contribution < -0.4 is 14.8 Å². The fourth-order valence-electron chi connectivity index (χ4n) is 0.886. The van der Waals surface area contributed by atoms with Gasteiger partial charge in [-0.1, -0.05) is 18.2 Å². The van der Waals surface area contributed by atoms with Crippen molar-refractivity contribution in [2.24, 2.45) is 0 Å². The summed E-state index contributed by atoms with van der Waals surface area (Å²) in [5.74, 6) is 0. The first-order chi connectivity index (χ1) is 7.53. The van der Waals surface area contributed by atoms with Crippen LogP contribution in [-0.4, -0.2) is 14.4 Å². The maximum absolute atomic E-state index is 11.2. The Kier molecular flexibility index (Phi) is 3.68. The Morgan fingerprint density at radius 2 is 1.88 bits per heavy atom. The van der Waals surface area contributed by atoms with Crippen molar-refractivity contribution in [3.63, 3.8) is 0 Å². The zero-order valence-corrected chi connectivity index (χ0v) is 8.78. The second kappa shape index (κ2) is 4.99. The van der Waals surface area contributed by atoms with Crippen molar-refractivity contribution < 1.29 is 13.2 Å². The highest BCUT2D eigenvalue weighted by Gasteiger charge is 2.12. The third-order valence-electron chi connectivity index (χ3n) is 1.44. The van der Waals surface area contributed by atoms with Crippen molar-refractivity contribution in [3.05, 3.63) is 30.3 Å². The lowest BCUT2D eigenvalue weighted by molar-refractivity contribution is 0.256. The number of rotatable bonds is 3. The van der Waals surface area contributed by atoms with Crippen LogP contribution >= 0.6 is 0 Å². The first kappa shape index (κ1) is 11.8. The Balaban J connectivity index is 2.59. The summed E-state index contributed by atoms with van der Waals surface area (Å²) >= 11 is 0. The predicted octanol–water partition coefficient (Wildman–Crippen LogP) is 0.124. The number of carbonyl (C=O) groups excluding carboxylic acids is 1. The molecule has 0 bridgehead atoms. The number of amides is 2. The minimum Gasteiger partial charge on any atom is -0.307 e. The van der Waals surface area contributed by atoms with E-state index in [4.69, 9.17) is 5.26 Å². The van der Waals surface area contributed by atoms with Crippen molar-refractivity contribution in [3.8, 4) is 6.19 Å². The highest BCUT2D eigenvalue weighted by molar-refractivity contribution is 7.88. The highest BCUT2D eigenvalue weighted by atomic mass is 32.2. The van der Waals surface area contributed by atoms with Crippen LogP contribution in [0.1, 0.15) is 0 Å². The van der Waals surface area contributed by atoms with Gasteiger partial charge in [0.05, 0.1) is 0 Å². The molecular weight excluding hydrogens is 232 g/mol. The summed E-state index contributed by atoms with van der Waals surface area (Å²) in [5.41, 5.74) is 0.437. The van der Waals surface area contributed by atoms with Crippen molar-refractivity contribution in [1.82, 2.24) is 9.44 Å². The van der Waals surface area contributed by atoms with Crippen molar-refractivity contribution in [2.45, 2.75) is 0 Å². The van der Waals surface area contributed by atoms with Crippen LogP contribution in [0.2, 0.25) is 0 Å². The minimum absolute atomic E-state index is 0.437. The predicted molar refractivity (Wildman–Crippen MR) is 56.3 cm³/mol. The summed E-state index contributed by atoms with van der Waals surface area (Å²) in [6.45, 7) is 0. The molecule has 0 aliphatic heterocycles. The van der Waals surface area contributed by atoms with Gasteiger partial charge in [0.2, 0.25) is 0 Å². The molecule has 7 nitrogen and oxygen atoms in total. The third kappa shape index (κ3) is 3.85. The second-order valence-electron chi connectivity index (χ2n) is 2.64. The lowest BCUT2D eigenvalue weighted by atomic mass is 10.3.